The van der Waals surface area contributed by atoms with Crippen LogP contribution in [0.25, 0.3) is 0 Å². The molecular formula is C11H19N3O2. The summed E-state index contributed by atoms with van der Waals surface area (Å²) in [6, 6.07) is 0.435. The summed E-state index contributed by atoms with van der Waals surface area (Å²) in [5, 5.41) is 7.24. The summed E-state index contributed by atoms with van der Waals surface area (Å²) in [4.78, 5) is 4.41. The van der Waals surface area contributed by atoms with E-state index >= 15 is 0 Å². The average Bonchev–Trinajstić information content (AvgIpc) is 2.76. The third-order valence-electron chi connectivity index (χ3n) is 2.72. The van der Waals surface area contributed by atoms with Crippen LogP contribution in [-0.2, 0) is 11.3 Å². The SMILES string of the molecule is CC(C)NCc1noc(C2CCOCC2)n1. The van der Waals surface area contributed by atoms with Crippen LogP contribution in [0.1, 0.15) is 44.3 Å². The van der Waals surface area contributed by atoms with E-state index in [0.717, 1.165) is 37.8 Å². The van der Waals surface area contributed by atoms with E-state index in [1.165, 1.54) is 0 Å². The average molecular weight is 225 g/mol. The minimum atomic E-state index is 0.383. The van der Waals surface area contributed by atoms with Crippen molar-refractivity contribution in [1.82, 2.24) is 15.5 Å². The van der Waals surface area contributed by atoms with Gasteiger partial charge < -0.3 is 14.6 Å². The molecular weight excluding hydrogens is 206 g/mol. The van der Waals surface area contributed by atoms with Gasteiger partial charge in [-0.05, 0) is 12.8 Å². The van der Waals surface area contributed by atoms with Crippen LogP contribution in [0.15, 0.2) is 4.52 Å². The van der Waals surface area contributed by atoms with Gasteiger partial charge in [-0.1, -0.05) is 19.0 Å². The fourth-order valence-corrected chi connectivity index (χ4v) is 1.75. The van der Waals surface area contributed by atoms with Gasteiger partial charge in [0.1, 0.15) is 0 Å². The second-order valence-electron chi connectivity index (χ2n) is 4.47. The summed E-state index contributed by atoms with van der Waals surface area (Å²) in [6.07, 6.45) is 1.97. The summed E-state index contributed by atoms with van der Waals surface area (Å²) in [5.41, 5.74) is 0. The largest absolute Gasteiger partial charge is 0.381 e. The molecule has 0 aliphatic carbocycles. The lowest BCUT2D eigenvalue weighted by atomic mass is 10.0. The van der Waals surface area contributed by atoms with Gasteiger partial charge in [0.05, 0.1) is 6.54 Å². The van der Waals surface area contributed by atoms with Crippen molar-refractivity contribution < 1.29 is 9.26 Å². The maximum atomic E-state index is 5.30. The second kappa shape index (κ2) is 5.41. The molecule has 5 nitrogen and oxygen atoms in total. The van der Waals surface area contributed by atoms with Crippen molar-refractivity contribution in [3.8, 4) is 0 Å². The molecule has 90 valence electrons. The Hall–Kier alpha value is -0.940. The molecule has 0 amide bonds. The van der Waals surface area contributed by atoms with Crippen LogP contribution in [-0.4, -0.2) is 29.4 Å². The zero-order valence-electron chi connectivity index (χ0n) is 9.90. The molecule has 5 heteroatoms. The molecule has 0 aromatic carbocycles. The molecule has 1 fully saturated rings. The molecule has 0 unspecified atom stereocenters. The number of hydrogen-bond acceptors (Lipinski definition) is 5. The van der Waals surface area contributed by atoms with Crippen molar-refractivity contribution in [3.63, 3.8) is 0 Å². The highest BCUT2D eigenvalue weighted by molar-refractivity contribution is 4.95. The van der Waals surface area contributed by atoms with Crippen molar-refractivity contribution in [2.45, 2.75) is 45.2 Å². The molecule has 1 aliphatic rings. The first-order chi connectivity index (χ1) is 7.75. The predicted molar refractivity (Wildman–Crippen MR) is 59.1 cm³/mol. The molecule has 0 spiro atoms. The minimum absolute atomic E-state index is 0.383. The lowest BCUT2D eigenvalue weighted by molar-refractivity contribution is 0.0778. The zero-order chi connectivity index (χ0) is 11.4. The maximum Gasteiger partial charge on any atom is 0.229 e. The molecule has 2 rings (SSSR count). The smallest absolute Gasteiger partial charge is 0.229 e. The van der Waals surface area contributed by atoms with Gasteiger partial charge in [-0.3, -0.25) is 0 Å². The van der Waals surface area contributed by atoms with Crippen molar-refractivity contribution in [3.05, 3.63) is 11.7 Å². The van der Waals surface area contributed by atoms with Crippen LogP contribution in [0, 0.1) is 0 Å². The highest BCUT2D eigenvalue weighted by atomic mass is 16.5. The molecule has 1 aliphatic heterocycles. The van der Waals surface area contributed by atoms with Gasteiger partial charge in [0, 0.05) is 25.2 Å². The topological polar surface area (TPSA) is 60.2 Å². The first-order valence-corrected chi connectivity index (χ1v) is 5.89. The number of nitrogens with zero attached hydrogens (tertiary/aromatic N) is 2. The molecule has 0 radical (unpaired) electrons. The minimum Gasteiger partial charge on any atom is -0.381 e. The van der Waals surface area contributed by atoms with E-state index < -0.39 is 0 Å². The van der Waals surface area contributed by atoms with E-state index in [-0.39, 0.29) is 0 Å². The number of aromatic nitrogens is 2. The monoisotopic (exact) mass is 225 g/mol. The van der Waals surface area contributed by atoms with Crippen molar-refractivity contribution in [2.24, 2.45) is 0 Å². The lowest BCUT2D eigenvalue weighted by Crippen LogP contribution is -2.22. The summed E-state index contributed by atoms with van der Waals surface area (Å²) < 4.78 is 10.6. The molecule has 1 N–H and O–H groups in total. The fraction of sp³-hybridized carbons (Fsp3) is 0.818. The standard InChI is InChI=1S/C11H19N3O2/c1-8(2)12-7-10-13-11(16-14-10)9-3-5-15-6-4-9/h8-9,12H,3-7H2,1-2H3. The third kappa shape index (κ3) is 3.02. The molecule has 2 heterocycles. The van der Waals surface area contributed by atoms with Gasteiger partial charge in [0.15, 0.2) is 5.82 Å². The van der Waals surface area contributed by atoms with E-state index in [9.17, 15) is 0 Å². The number of nitrogens with one attached hydrogen (secondary N) is 1. The first-order valence-electron chi connectivity index (χ1n) is 5.89. The van der Waals surface area contributed by atoms with E-state index in [0.29, 0.717) is 18.5 Å². The Labute approximate surface area is 95.6 Å². The summed E-state index contributed by atoms with van der Waals surface area (Å²) in [7, 11) is 0. The molecule has 16 heavy (non-hydrogen) atoms. The molecule has 0 saturated carbocycles. The van der Waals surface area contributed by atoms with Crippen LogP contribution < -0.4 is 5.32 Å². The van der Waals surface area contributed by atoms with Gasteiger partial charge in [0.2, 0.25) is 5.89 Å². The normalized spacial score (nSPS) is 18.2. The second-order valence-corrected chi connectivity index (χ2v) is 4.47. The summed E-state index contributed by atoms with van der Waals surface area (Å²) in [5.74, 6) is 1.90. The van der Waals surface area contributed by atoms with Crippen molar-refractivity contribution in [1.29, 1.82) is 0 Å². The number of hydrogen-bond donors (Lipinski definition) is 1. The summed E-state index contributed by atoms with van der Waals surface area (Å²) >= 11 is 0. The van der Waals surface area contributed by atoms with Gasteiger partial charge in [-0.15, -0.1) is 0 Å². The van der Waals surface area contributed by atoms with Gasteiger partial charge in [-0.2, -0.15) is 4.98 Å². The van der Waals surface area contributed by atoms with Crippen LogP contribution in [0.4, 0.5) is 0 Å². The lowest BCUT2D eigenvalue weighted by Gasteiger charge is -2.17. The Morgan fingerprint density at radius 2 is 2.12 bits per heavy atom. The summed E-state index contributed by atoms with van der Waals surface area (Å²) in [6.45, 7) is 6.46. The molecule has 0 bridgehead atoms. The Balaban J connectivity index is 1.90. The Morgan fingerprint density at radius 3 is 2.81 bits per heavy atom. The van der Waals surface area contributed by atoms with Gasteiger partial charge in [0.25, 0.3) is 0 Å². The van der Waals surface area contributed by atoms with Crippen LogP contribution in [0.5, 0.6) is 0 Å². The maximum absolute atomic E-state index is 5.30. The van der Waals surface area contributed by atoms with E-state index in [1.807, 2.05) is 0 Å². The number of rotatable bonds is 4. The van der Waals surface area contributed by atoms with Gasteiger partial charge >= 0.3 is 0 Å². The van der Waals surface area contributed by atoms with E-state index in [4.69, 9.17) is 9.26 Å². The Kier molecular flexibility index (Phi) is 3.90. The third-order valence-corrected chi connectivity index (χ3v) is 2.72. The molecule has 0 atom stereocenters. The molecule has 1 aromatic heterocycles. The highest BCUT2D eigenvalue weighted by Crippen LogP contribution is 2.25. The van der Waals surface area contributed by atoms with Crippen LogP contribution >= 0.6 is 0 Å². The highest BCUT2D eigenvalue weighted by Gasteiger charge is 2.21. The van der Waals surface area contributed by atoms with Crippen molar-refractivity contribution >= 4 is 0 Å². The van der Waals surface area contributed by atoms with Crippen LogP contribution in [0.3, 0.4) is 0 Å². The first kappa shape index (κ1) is 11.5. The molecule has 1 saturated heterocycles. The van der Waals surface area contributed by atoms with Gasteiger partial charge in [-0.25, -0.2) is 0 Å². The number of ether oxygens (including phenoxy) is 1. The Morgan fingerprint density at radius 1 is 1.38 bits per heavy atom. The Bertz CT molecular complexity index is 319. The molecule has 1 aromatic rings. The van der Waals surface area contributed by atoms with Crippen molar-refractivity contribution in [2.75, 3.05) is 13.2 Å². The zero-order valence-corrected chi connectivity index (χ0v) is 9.90. The predicted octanol–water partition coefficient (Wildman–Crippen LogP) is 1.46. The van der Waals surface area contributed by atoms with E-state index in [2.05, 4.69) is 29.3 Å². The fourth-order valence-electron chi connectivity index (χ4n) is 1.75. The quantitative estimate of drug-likeness (QED) is 0.840. The van der Waals surface area contributed by atoms with Crippen LogP contribution in [0.2, 0.25) is 0 Å². The van der Waals surface area contributed by atoms with E-state index in [1.54, 1.807) is 0 Å².